The van der Waals surface area contributed by atoms with Crippen molar-refractivity contribution in [1.82, 2.24) is 15.1 Å². The Morgan fingerprint density at radius 2 is 1.80 bits per heavy atom. The Labute approximate surface area is 119 Å². The molecule has 2 unspecified atom stereocenters. The zero-order valence-corrected chi connectivity index (χ0v) is 12.1. The van der Waals surface area contributed by atoms with Gasteiger partial charge in [0.2, 0.25) is 0 Å². The number of amides is 3. The van der Waals surface area contributed by atoms with Crippen LogP contribution in [-0.2, 0) is 4.79 Å². The summed E-state index contributed by atoms with van der Waals surface area (Å²) in [6.45, 7) is 4.62. The molecule has 3 rings (SSSR count). The summed E-state index contributed by atoms with van der Waals surface area (Å²) in [6, 6.07) is 0.541. The SMILES string of the molecule is CC1(C)NC(=O)N(CCN2C3CCC2CC(O)C3)C1=O. The molecular formula is C14H23N3O3. The van der Waals surface area contributed by atoms with Crippen LogP contribution in [0.4, 0.5) is 4.79 Å². The van der Waals surface area contributed by atoms with Crippen LogP contribution in [0.2, 0.25) is 0 Å². The van der Waals surface area contributed by atoms with E-state index >= 15 is 0 Å². The second kappa shape index (κ2) is 4.70. The third-order valence-electron chi connectivity index (χ3n) is 4.89. The van der Waals surface area contributed by atoms with Gasteiger partial charge < -0.3 is 10.4 Å². The molecule has 3 aliphatic rings. The zero-order valence-electron chi connectivity index (χ0n) is 12.1. The molecule has 0 saturated carbocycles. The number of imide groups is 1. The summed E-state index contributed by atoms with van der Waals surface area (Å²) < 4.78 is 0. The number of hydrogen-bond donors (Lipinski definition) is 2. The molecule has 0 spiro atoms. The lowest BCUT2D eigenvalue weighted by Crippen LogP contribution is -2.48. The summed E-state index contributed by atoms with van der Waals surface area (Å²) in [6.07, 6.45) is 3.70. The topological polar surface area (TPSA) is 72.9 Å². The van der Waals surface area contributed by atoms with E-state index in [2.05, 4.69) is 10.2 Å². The summed E-state index contributed by atoms with van der Waals surface area (Å²) in [4.78, 5) is 27.7. The van der Waals surface area contributed by atoms with E-state index in [-0.39, 0.29) is 18.0 Å². The lowest BCUT2D eigenvalue weighted by Gasteiger charge is -2.37. The Morgan fingerprint density at radius 1 is 1.20 bits per heavy atom. The van der Waals surface area contributed by atoms with Crippen molar-refractivity contribution in [2.75, 3.05) is 13.1 Å². The van der Waals surface area contributed by atoms with E-state index in [1.54, 1.807) is 13.8 Å². The highest BCUT2D eigenvalue weighted by atomic mass is 16.3. The Hall–Kier alpha value is -1.14. The van der Waals surface area contributed by atoms with E-state index in [1.165, 1.54) is 4.90 Å². The van der Waals surface area contributed by atoms with Gasteiger partial charge in [0, 0.05) is 25.2 Å². The second-order valence-electron chi connectivity index (χ2n) is 6.76. The van der Waals surface area contributed by atoms with Gasteiger partial charge in [-0.25, -0.2) is 4.79 Å². The van der Waals surface area contributed by atoms with Crippen LogP contribution in [0.5, 0.6) is 0 Å². The van der Waals surface area contributed by atoms with Gasteiger partial charge in [0.25, 0.3) is 5.91 Å². The highest BCUT2D eigenvalue weighted by Gasteiger charge is 2.45. The fraction of sp³-hybridized carbons (Fsp3) is 0.857. The smallest absolute Gasteiger partial charge is 0.325 e. The normalized spacial score (nSPS) is 36.5. The van der Waals surface area contributed by atoms with Gasteiger partial charge in [-0.15, -0.1) is 0 Å². The van der Waals surface area contributed by atoms with Crippen molar-refractivity contribution in [3.63, 3.8) is 0 Å². The third-order valence-corrected chi connectivity index (χ3v) is 4.89. The summed E-state index contributed by atoms with van der Waals surface area (Å²) in [5, 5.41) is 12.5. The van der Waals surface area contributed by atoms with E-state index < -0.39 is 5.54 Å². The Balaban J connectivity index is 1.61. The van der Waals surface area contributed by atoms with Crippen molar-refractivity contribution in [3.8, 4) is 0 Å². The van der Waals surface area contributed by atoms with Crippen LogP contribution >= 0.6 is 0 Å². The van der Waals surface area contributed by atoms with Crippen molar-refractivity contribution in [2.24, 2.45) is 0 Å². The number of aliphatic hydroxyl groups is 1. The predicted molar refractivity (Wildman–Crippen MR) is 73.1 cm³/mol. The molecule has 3 aliphatic heterocycles. The maximum Gasteiger partial charge on any atom is 0.325 e. The first-order valence-corrected chi connectivity index (χ1v) is 7.46. The fourth-order valence-corrected chi connectivity index (χ4v) is 3.85. The second-order valence-corrected chi connectivity index (χ2v) is 6.76. The molecule has 3 fully saturated rings. The average molecular weight is 281 g/mol. The van der Waals surface area contributed by atoms with Gasteiger partial charge in [-0.2, -0.15) is 0 Å². The minimum atomic E-state index is -0.784. The van der Waals surface area contributed by atoms with Gasteiger partial charge in [0.05, 0.1) is 6.10 Å². The number of hydrogen-bond acceptors (Lipinski definition) is 4. The van der Waals surface area contributed by atoms with Crippen molar-refractivity contribution in [1.29, 1.82) is 0 Å². The number of nitrogens with zero attached hydrogens (tertiary/aromatic N) is 2. The van der Waals surface area contributed by atoms with Crippen molar-refractivity contribution in [2.45, 2.75) is 63.3 Å². The van der Waals surface area contributed by atoms with E-state index in [1.807, 2.05) is 0 Å². The van der Waals surface area contributed by atoms with Gasteiger partial charge in [-0.05, 0) is 39.5 Å². The number of carbonyl (C=O) groups excluding carboxylic acids is 2. The molecule has 2 bridgehead atoms. The Kier molecular flexibility index (Phi) is 3.25. The molecule has 112 valence electrons. The first kappa shape index (κ1) is 13.8. The van der Waals surface area contributed by atoms with Gasteiger partial charge >= 0.3 is 6.03 Å². The molecule has 3 heterocycles. The lowest BCUT2D eigenvalue weighted by atomic mass is 10.00. The maximum atomic E-state index is 12.1. The van der Waals surface area contributed by atoms with Crippen LogP contribution in [0.1, 0.15) is 39.5 Å². The minimum Gasteiger partial charge on any atom is -0.393 e. The Bertz CT molecular complexity index is 423. The average Bonchev–Trinajstić information content (AvgIpc) is 2.70. The Morgan fingerprint density at radius 3 is 2.30 bits per heavy atom. The molecule has 0 aromatic rings. The molecule has 0 radical (unpaired) electrons. The molecule has 20 heavy (non-hydrogen) atoms. The molecular weight excluding hydrogens is 258 g/mol. The summed E-state index contributed by atoms with van der Waals surface area (Å²) in [5.41, 5.74) is -0.784. The van der Waals surface area contributed by atoms with E-state index in [0.29, 0.717) is 18.6 Å². The molecule has 3 saturated heterocycles. The quantitative estimate of drug-likeness (QED) is 0.730. The molecule has 0 aromatic carbocycles. The molecule has 6 nitrogen and oxygen atoms in total. The van der Waals surface area contributed by atoms with E-state index in [9.17, 15) is 14.7 Å². The molecule has 3 amide bonds. The van der Waals surface area contributed by atoms with Crippen molar-refractivity contribution >= 4 is 11.9 Å². The predicted octanol–water partition coefficient (Wildman–Crippen LogP) is 0.304. The molecule has 2 N–H and O–H groups in total. The van der Waals surface area contributed by atoms with Gasteiger partial charge in [0.1, 0.15) is 5.54 Å². The van der Waals surface area contributed by atoms with E-state index in [0.717, 1.165) is 32.2 Å². The standard InChI is InChI=1S/C14H23N3O3/c1-14(2)12(19)17(13(20)15-14)6-5-16-9-3-4-10(16)8-11(18)7-9/h9-11,18H,3-8H2,1-2H3,(H,15,20). The molecule has 2 atom stereocenters. The monoisotopic (exact) mass is 281 g/mol. The number of carbonyl (C=O) groups is 2. The third kappa shape index (κ3) is 2.20. The fourth-order valence-electron chi connectivity index (χ4n) is 3.85. The van der Waals surface area contributed by atoms with Crippen molar-refractivity contribution < 1.29 is 14.7 Å². The number of urea groups is 1. The molecule has 6 heteroatoms. The summed E-state index contributed by atoms with van der Waals surface area (Å²) in [7, 11) is 0. The van der Waals surface area contributed by atoms with Crippen LogP contribution in [0.15, 0.2) is 0 Å². The van der Waals surface area contributed by atoms with E-state index in [4.69, 9.17) is 0 Å². The first-order valence-electron chi connectivity index (χ1n) is 7.46. The number of fused-ring (bicyclic) bond motifs is 2. The highest BCUT2D eigenvalue weighted by molar-refractivity contribution is 6.06. The summed E-state index contributed by atoms with van der Waals surface area (Å²) >= 11 is 0. The lowest BCUT2D eigenvalue weighted by molar-refractivity contribution is -0.130. The van der Waals surface area contributed by atoms with Crippen LogP contribution in [0.3, 0.4) is 0 Å². The number of piperidine rings is 1. The maximum absolute atomic E-state index is 12.1. The van der Waals surface area contributed by atoms with Crippen LogP contribution < -0.4 is 5.32 Å². The van der Waals surface area contributed by atoms with Gasteiger partial charge in [0.15, 0.2) is 0 Å². The summed E-state index contributed by atoms with van der Waals surface area (Å²) in [5.74, 6) is -0.146. The number of aliphatic hydroxyl groups excluding tert-OH is 1. The van der Waals surface area contributed by atoms with Crippen LogP contribution in [0, 0.1) is 0 Å². The van der Waals surface area contributed by atoms with Crippen LogP contribution in [0.25, 0.3) is 0 Å². The molecule has 0 aromatic heterocycles. The van der Waals surface area contributed by atoms with Gasteiger partial charge in [-0.1, -0.05) is 0 Å². The molecule has 0 aliphatic carbocycles. The highest BCUT2D eigenvalue weighted by Crippen LogP contribution is 2.35. The van der Waals surface area contributed by atoms with Crippen LogP contribution in [-0.4, -0.2) is 63.7 Å². The minimum absolute atomic E-state index is 0.146. The number of rotatable bonds is 3. The largest absolute Gasteiger partial charge is 0.393 e. The first-order chi connectivity index (χ1) is 9.38. The number of nitrogens with one attached hydrogen (secondary N) is 1. The zero-order chi connectivity index (χ0) is 14.5. The van der Waals surface area contributed by atoms with Gasteiger partial charge in [-0.3, -0.25) is 14.6 Å². The van der Waals surface area contributed by atoms with Crippen molar-refractivity contribution in [3.05, 3.63) is 0 Å².